The first kappa shape index (κ1) is 25.2. The largest absolute Gasteiger partial charge is 0.241 e. The minimum absolute atomic E-state index is 0.723. The van der Waals surface area contributed by atoms with Crippen LogP contribution in [0.5, 0.6) is 0 Å². The number of nitrogens with zero attached hydrogens (tertiary/aromatic N) is 2. The third-order valence-corrected chi connectivity index (χ3v) is 8.03. The van der Waals surface area contributed by atoms with Crippen molar-refractivity contribution in [2.75, 3.05) is 0 Å². The topological polar surface area (TPSA) is 36.7 Å². The van der Waals surface area contributed by atoms with E-state index in [4.69, 9.17) is 10.2 Å². The zero-order chi connectivity index (χ0) is 23.6. The molecule has 1 fully saturated rings. The smallest absolute Gasteiger partial charge is 0.124 e. The Kier molecular flexibility index (Phi) is 9.70. The molecule has 0 saturated heterocycles. The van der Waals surface area contributed by atoms with Gasteiger partial charge in [0.2, 0.25) is 0 Å². The van der Waals surface area contributed by atoms with E-state index in [1.54, 1.807) is 0 Å². The molecule has 0 unspecified atom stereocenters. The van der Waals surface area contributed by atoms with Gasteiger partial charge in [-0.3, -0.25) is 0 Å². The summed E-state index contributed by atoms with van der Waals surface area (Å²) in [5, 5.41) is 9.60. The molecule has 0 amide bonds. The Hall–Kier alpha value is -2.44. The highest BCUT2D eigenvalue weighted by Gasteiger charge is 2.17. The van der Waals surface area contributed by atoms with Gasteiger partial charge in [-0.1, -0.05) is 88.6 Å². The van der Waals surface area contributed by atoms with Crippen LogP contribution in [0, 0.1) is 30.1 Å². The zero-order valence-electron chi connectivity index (χ0n) is 20.7. The lowest BCUT2D eigenvalue weighted by molar-refractivity contribution is 0.294. The van der Waals surface area contributed by atoms with Crippen LogP contribution < -0.4 is 0 Å². The standard InChI is InChI=1S/C21H23NS.C9H15N/c1-4-10-19-20(5-2)23-21(22-19)18-14-9-13-17(15(18)3)16-11-7-6-8-12-16;1-8-2-4-9(5-3-8)6-7-10/h6-9,11-14H,4-5,10H2,1-3H3;8-9H,2-6H2,1H3. The van der Waals surface area contributed by atoms with Gasteiger partial charge in [-0.05, 0) is 61.1 Å². The van der Waals surface area contributed by atoms with Gasteiger partial charge in [0.25, 0.3) is 0 Å². The van der Waals surface area contributed by atoms with Gasteiger partial charge >= 0.3 is 0 Å². The normalized spacial score (nSPS) is 17.7. The highest BCUT2D eigenvalue weighted by molar-refractivity contribution is 7.15. The lowest BCUT2D eigenvalue weighted by Gasteiger charge is -2.23. The Morgan fingerprint density at radius 2 is 1.67 bits per heavy atom. The van der Waals surface area contributed by atoms with Crippen molar-refractivity contribution in [3.63, 3.8) is 0 Å². The SMILES string of the molecule is CC1CCC(CC#N)CC1.CCCc1nc(-c2cccc(-c3ccccc3)c2C)sc1CC. The third kappa shape index (κ3) is 6.78. The molecule has 0 N–H and O–H groups in total. The summed E-state index contributed by atoms with van der Waals surface area (Å²) in [5.41, 5.74) is 6.45. The molecule has 0 atom stereocenters. The Morgan fingerprint density at radius 3 is 2.30 bits per heavy atom. The minimum atomic E-state index is 0.723. The summed E-state index contributed by atoms with van der Waals surface area (Å²) in [7, 11) is 0. The first-order chi connectivity index (χ1) is 16.1. The Morgan fingerprint density at radius 1 is 0.970 bits per heavy atom. The van der Waals surface area contributed by atoms with Gasteiger partial charge in [0.05, 0.1) is 11.8 Å². The van der Waals surface area contributed by atoms with E-state index < -0.39 is 0 Å². The molecule has 1 aliphatic rings. The summed E-state index contributed by atoms with van der Waals surface area (Å²) >= 11 is 1.86. The van der Waals surface area contributed by atoms with Crippen LogP contribution in [0.4, 0.5) is 0 Å². The molecular formula is C30H38N2S. The lowest BCUT2D eigenvalue weighted by atomic mass is 9.82. The second-order valence-electron chi connectivity index (χ2n) is 9.32. The van der Waals surface area contributed by atoms with E-state index in [9.17, 15) is 0 Å². The van der Waals surface area contributed by atoms with E-state index in [-0.39, 0.29) is 0 Å². The van der Waals surface area contributed by atoms with E-state index in [0.717, 1.165) is 37.5 Å². The van der Waals surface area contributed by atoms with Gasteiger partial charge in [0.1, 0.15) is 5.01 Å². The van der Waals surface area contributed by atoms with E-state index >= 15 is 0 Å². The van der Waals surface area contributed by atoms with Crippen molar-refractivity contribution < 1.29 is 0 Å². The highest BCUT2D eigenvalue weighted by atomic mass is 32.1. The van der Waals surface area contributed by atoms with Gasteiger partial charge in [0.15, 0.2) is 0 Å². The van der Waals surface area contributed by atoms with Crippen molar-refractivity contribution in [3.05, 3.63) is 64.7 Å². The number of rotatable bonds is 6. The quantitative estimate of drug-likeness (QED) is 0.369. The molecule has 0 aliphatic heterocycles. The Balaban J connectivity index is 0.000000257. The summed E-state index contributed by atoms with van der Waals surface area (Å²) in [4.78, 5) is 6.39. The average molecular weight is 459 g/mol. The van der Waals surface area contributed by atoms with Crippen molar-refractivity contribution in [2.45, 2.75) is 79.1 Å². The van der Waals surface area contributed by atoms with E-state index in [2.05, 4.69) is 82.3 Å². The van der Waals surface area contributed by atoms with Crippen LogP contribution in [0.2, 0.25) is 0 Å². The third-order valence-electron chi connectivity index (χ3n) is 6.75. The first-order valence-corrected chi connectivity index (χ1v) is 13.4. The highest BCUT2D eigenvalue weighted by Crippen LogP contribution is 2.35. The number of aryl methyl sites for hydroxylation is 2. The fourth-order valence-electron chi connectivity index (χ4n) is 4.67. The van der Waals surface area contributed by atoms with Crippen molar-refractivity contribution in [3.8, 4) is 27.8 Å². The molecule has 0 spiro atoms. The summed E-state index contributed by atoms with van der Waals surface area (Å²) in [6.45, 7) is 8.97. The van der Waals surface area contributed by atoms with Crippen LogP contribution in [0.25, 0.3) is 21.7 Å². The fraction of sp³-hybridized carbons (Fsp3) is 0.467. The predicted octanol–water partition coefficient (Wildman–Crippen LogP) is 9.03. The minimum Gasteiger partial charge on any atom is -0.241 e. The molecule has 1 heterocycles. The maximum atomic E-state index is 8.43. The van der Waals surface area contributed by atoms with Crippen LogP contribution in [-0.4, -0.2) is 4.98 Å². The molecule has 0 bridgehead atoms. The summed E-state index contributed by atoms with van der Waals surface area (Å²) < 4.78 is 0. The van der Waals surface area contributed by atoms with Crippen LogP contribution >= 0.6 is 11.3 Å². The molecule has 1 aromatic heterocycles. The van der Waals surface area contributed by atoms with E-state index in [1.165, 1.54) is 63.5 Å². The number of thiazole rings is 1. The molecule has 174 valence electrons. The van der Waals surface area contributed by atoms with E-state index in [0.29, 0.717) is 0 Å². The molecule has 33 heavy (non-hydrogen) atoms. The second kappa shape index (κ2) is 12.7. The number of hydrogen-bond donors (Lipinski definition) is 0. The van der Waals surface area contributed by atoms with Gasteiger partial charge in [-0.2, -0.15) is 5.26 Å². The van der Waals surface area contributed by atoms with Crippen LogP contribution in [0.1, 0.15) is 75.4 Å². The molecule has 3 heteroatoms. The molecule has 3 aromatic rings. The van der Waals surface area contributed by atoms with Crippen LogP contribution in [0.3, 0.4) is 0 Å². The average Bonchev–Trinajstić information content (AvgIpc) is 3.25. The lowest BCUT2D eigenvalue weighted by Crippen LogP contribution is -2.11. The second-order valence-corrected chi connectivity index (χ2v) is 10.4. The van der Waals surface area contributed by atoms with E-state index in [1.807, 2.05) is 11.3 Å². The number of benzene rings is 2. The first-order valence-electron chi connectivity index (χ1n) is 12.6. The van der Waals surface area contributed by atoms with Crippen LogP contribution in [-0.2, 0) is 12.8 Å². The molecule has 1 aliphatic carbocycles. The molecule has 4 rings (SSSR count). The van der Waals surface area contributed by atoms with Gasteiger partial charge < -0.3 is 0 Å². The van der Waals surface area contributed by atoms with Gasteiger partial charge in [-0.15, -0.1) is 11.3 Å². The monoisotopic (exact) mass is 458 g/mol. The zero-order valence-corrected chi connectivity index (χ0v) is 21.5. The van der Waals surface area contributed by atoms with Crippen molar-refractivity contribution >= 4 is 11.3 Å². The number of nitriles is 1. The molecule has 2 nitrogen and oxygen atoms in total. The Bertz CT molecular complexity index is 1040. The Labute approximate surface area is 204 Å². The van der Waals surface area contributed by atoms with Gasteiger partial charge in [-0.25, -0.2) is 4.98 Å². The molecule has 2 aromatic carbocycles. The number of hydrogen-bond acceptors (Lipinski definition) is 3. The molecule has 1 saturated carbocycles. The number of aromatic nitrogens is 1. The summed E-state index contributed by atoms with van der Waals surface area (Å²) in [6.07, 6.45) is 9.34. The molecule has 0 radical (unpaired) electrons. The fourth-order valence-corrected chi connectivity index (χ4v) is 5.80. The summed E-state index contributed by atoms with van der Waals surface area (Å²) in [6, 6.07) is 19.4. The van der Waals surface area contributed by atoms with Crippen molar-refractivity contribution in [1.82, 2.24) is 4.98 Å². The maximum Gasteiger partial charge on any atom is 0.124 e. The molecular weight excluding hydrogens is 420 g/mol. The maximum absolute atomic E-state index is 8.43. The van der Waals surface area contributed by atoms with Crippen LogP contribution in [0.15, 0.2) is 48.5 Å². The van der Waals surface area contributed by atoms with Gasteiger partial charge in [0, 0.05) is 16.9 Å². The van der Waals surface area contributed by atoms with Crippen molar-refractivity contribution in [2.24, 2.45) is 11.8 Å². The predicted molar refractivity (Wildman–Crippen MR) is 142 cm³/mol. The summed E-state index contributed by atoms with van der Waals surface area (Å²) in [5.74, 6) is 1.64. The van der Waals surface area contributed by atoms with Crippen molar-refractivity contribution in [1.29, 1.82) is 5.26 Å².